The van der Waals surface area contributed by atoms with Gasteiger partial charge in [0.1, 0.15) is 0 Å². The van der Waals surface area contributed by atoms with Gasteiger partial charge in [0.05, 0.1) is 15.6 Å². The quantitative estimate of drug-likeness (QED) is 0.437. The largest absolute Gasteiger partial charge is 0.366 e. The Morgan fingerprint density at radius 3 is 2.64 bits per heavy atom. The van der Waals surface area contributed by atoms with E-state index in [0.717, 1.165) is 37.1 Å². The molecule has 1 fully saturated rings. The van der Waals surface area contributed by atoms with Gasteiger partial charge in [0.25, 0.3) is 5.69 Å². The number of hydrogen-bond acceptors (Lipinski definition) is 5. The highest BCUT2D eigenvalue weighted by Crippen LogP contribution is 2.31. The molecule has 3 rings (SSSR count). The van der Waals surface area contributed by atoms with Gasteiger partial charge >= 0.3 is 0 Å². The lowest BCUT2D eigenvalue weighted by molar-refractivity contribution is -0.387. The molecular formula is C20H21N3O4S. The topological polar surface area (TPSA) is 107 Å². The summed E-state index contributed by atoms with van der Waals surface area (Å²) in [5, 5.41) is 11.3. The summed E-state index contributed by atoms with van der Waals surface area (Å²) >= 11 is 1.11. The smallest absolute Gasteiger partial charge is 0.283 e. The maximum atomic E-state index is 12.7. The van der Waals surface area contributed by atoms with Gasteiger partial charge in [-0.2, -0.15) is 0 Å². The van der Waals surface area contributed by atoms with E-state index in [9.17, 15) is 19.7 Å². The van der Waals surface area contributed by atoms with Gasteiger partial charge in [0.15, 0.2) is 0 Å². The molecule has 0 aliphatic carbocycles. The molecule has 1 heterocycles. The molecule has 2 aromatic rings. The number of nitrogens with two attached hydrogens (primary N) is 1. The number of nitro benzene ring substituents is 1. The molecule has 7 nitrogen and oxygen atoms in total. The number of nitrogens with zero attached hydrogens (tertiary/aromatic N) is 2. The lowest BCUT2D eigenvalue weighted by Gasteiger charge is -2.24. The first-order valence-corrected chi connectivity index (χ1v) is 9.98. The molecular weight excluding hydrogens is 378 g/mol. The van der Waals surface area contributed by atoms with E-state index in [2.05, 4.69) is 12.1 Å². The average molecular weight is 399 g/mol. The molecule has 0 radical (unpaired) electrons. The predicted octanol–water partition coefficient (Wildman–Crippen LogP) is 3.02. The summed E-state index contributed by atoms with van der Waals surface area (Å²) < 4.78 is 0. The zero-order chi connectivity index (χ0) is 20.1. The van der Waals surface area contributed by atoms with Crippen molar-refractivity contribution in [1.29, 1.82) is 0 Å². The van der Waals surface area contributed by atoms with Crippen molar-refractivity contribution < 1.29 is 14.5 Å². The van der Waals surface area contributed by atoms with Crippen LogP contribution in [0.4, 0.5) is 5.69 Å². The van der Waals surface area contributed by atoms with Crippen molar-refractivity contribution in [2.24, 2.45) is 5.73 Å². The zero-order valence-electron chi connectivity index (χ0n) is 15.2. The number of benzene rings is 2. The highest BCUT2D eigenvalue weighted by molar-refractivity contribution is 8.00. The number of likely N-dealkylation sites (tertiary alicyclic amines) is 1. The molecule has 1 unspecified atom stereocenters. The van der Waals surface area contributed by atoms with Crippen LogP contribution in [0, 0.1) is 10.1 Å². The van der Waals surface area contributed by atoms with Gasteiger partial charge in [-0.1, -0.05) is 30.3 Å². The van der Waals surface area contributed by atoms with E-state index >= 15 is 0 Å². The molecule has 2 N–H and O–H groups in total. The SMILES string of the molecule is NC(=O)c1ccc(SCC(=O)N2CCCC2Cc2ccccc2)c([N+](=O)[O-])c1. The van der Waals surface area contributed by atoms with Crippen molar-refractivity contribution in [3.05, 3.63) is 69.8 Å². The van der Waals surface area contributed by atoms with Crippen LogP contribution in [0.15, 0.2) is 53.4 Å². The van der Waals surface area contributed by atoms with E-state index < -0.39 is 10.8 Å². The Hall–Kier alpha value is -2.87. The van der Waals surface area contributed by atoms with Gasteiger partial charge < -0.3 is 10.6 Å². The summed E-state index contributed by atoms with van der Waals surface area (Å²) in [5.74, 6) is -0.643. The first-order valence-electron chi connectivity index (χ1n) is 9.00. The first kappa shape index (κ1) is 19.9. The highest BCUT2D eigenvalue weighted by Gasteiger charge is 2.29. The fourth-order valence-corrected chi connectivity index (χ4v) is 4.31. The van der Waals surface area contributed by atoms with Crippen LogP contribution in [-0.4, -0.2) is 40.0 Å². The van der Waals surface area contributed by atoms with Crippen LogP contribution in [0.1, 0.15) is 28.8 Å². The summed E-state index contributed by atoms with van der Waals surface area (Å²) in [6, 6.07) is 14.3. The van der Waals surface area contributed by atoms with Crippen LogP contribution in [0.3, 0.4) is 0 Å². The Morgan fingerprint density at radius 2 is 1.96 bits per heavy atom. The van der Waals surface area contributed by atoms with Crippen molar-refractivity contribution in [2.75, 3.05) is 12.3 Å². The summed E-state index contributed by atoms with van der Waals surface area (Å²) in [7, 11) is 0. The normalized spacial score (nSPS) is 16.1. The molecule has 0 aromatic heterocycles. The second-order valence-corrected chi connectivity index (χ2v) is 7.68. The molecule has 1 aliphatic heterocycles. The highest BCUT2D eigenvalue weighted by atomic mass is 32.2. The maximum Gasteiger partial charge on any atom is 0.283 e. The molecule has 0 bridgehead atoms. The summed E-state index contributed by atoms with van der Waals surface area (Å²) in [6.45, 7) is 0.708. The number of thioether (sulfide) groups is 1. The van der Waals surface area contributed by atoms with Gasteiger partial charge in [-0.25, -0.2) is 0 Å². The number of carbonyl (C=O) groups excluding carboxylic acids is 2. The molecule has 1 aliphatic rings. The first-order chi connectivity index (χ1) is 13.5. The standard InChI is InChI=1S/C20H21N3O4S/c21-20(25)15-8-9-18(17(12-15)23(26)27)28-13-19(24)22-10-4-7-16(22)11-14-5-2-1-3-6-14/h1-3,5-6,8-9,12,16H,4,7,10-11,13H2,(H2,21,25). The second kappa shape index (κ2) is 8.88. The maximum absolute atomic E-state index is 12.7. The lowest BCUT2D eigenvalue weighted by Crippen LogP contribution is -2.37. The van der Waals surface area contributed by atoms with E-state index in [1.165, 1.54) is 17.7 Å². The van der Waals surface area contributed by atoms with Gasteiger partial charge in [-0.15, -0.1) is 11.8 Å². The third-order valence-corrected chi connectivity index (χ3v) is 5.85. The van der Waals surface area contributed by atoms with Crippen molar-refractivity contribution in [3.8, 4) is 0 Å². The van der Waals surface area contributed by atoms with Crippen molar-refractivity contribution in [2.45, 2.75) is 30.2 Å². The minimum atomic E-state index is -0.725. The van der Waals surface area contributed by atoms with Crippen molar-refractivity contribution >= 4 is 29.3 Å². The van der Waals surface area contributed by atoms with E-state index in [1.54, 1.807) is 0 Å². The van der Waals surface area contributed by atoms with Gasteiger partial charge in [0, 0.05) is 24.2 Å². The Labute approximate surface area is 167 Å². The summed E-state index contributed by atoms with van der Waals surface area (Å²) in [4.78, 5) is 36.9. The molecule has 28 heavy (non-hydrogen) atoms. The summed E-state index contributed by atoms with van der Waals surface area (Å²) in [5.41, 5.74) is 6.24. The fourth-order valence-electron chi connectivity index (χ4n) is 3.42. The number of hydrogen-bond donors (Lipinski definition) is 1. The van der Waals surface area contributed by atoms with Gasteiger partial charge in [0.2, 0.25) is 11.8 Å². The molecule has 2 aromatic carbocycles. The van der Waals surface area contributed by atoms with E-state index in [-0.39, 0.29) is 29.0 Å². The zero-order valence-corrected chi connectivity index (χ0v) is 16.1. The van der Waals surface area contributed by atoms with Gasteiger partial charge in [-0.3, -0.25) is 19.7 Å². The van der Waals surface area contributed by atoms with Crippen LogP contribution < -0.4 is 5.73 Å². The molecule has 146 valence electrons. The molecule has 1 saturated heterocycles. The number of carbonyl (C=O) groups is 2. The van der Waals surface area contributed by atoms with Crippen LogP contribution in [0.25, 0.3) is 0 Å². The van der Waals surface area contributed by atoms with Crippen LogP contribution >= 0.6 is 11.8 Å². The molecule has 1 atom stereocenters. The molecule has 8 heteroatoms. The average Bonchev–Trinajstić information content (AvgIpc) is 3.14. The Balaban J connectivity index is 1.66. The van der Waals surface area contributed by atoms with Gasteiger partial charge in [-0.05, 0) is 37.0 Å². The Bertz CT molecular complexity index is 888. The van der Waals surface area contributed by atoms with Crippen molar-refractivity contribution in [3.63, 3.8) is 0 Å². The minimum Gasteiger partial charge on any atom is -0.366 e. The van der Waals surface area contributed by atoms with Crippen LogP contribution in [-0.2, 0) is 11.2 Å². The van der Waals surface area contributed by atoms with E-state index in [1.807, 2.05) is 23.1 Å². The third-order valence-electron chi connectivity index (χ3n) is 4.80. The second-order valence-electron chi connectivity index (χ2n) is 6.67. The number of amides is 2. The number of rotatable bonds is 7. The van der Waals surface area contributed by atoms with Crippen molar-refractivity contribution in [1.82, 2.24) is 4.90 Å². The predicted molar refractivity (Wildman–Crippen MR) is 107 cm³/mol. The molecule has 0 spiro atoms. The molecule has 2 amide bonds. The van der Waals surface area contributed by atoms with Crippen LogP contribution in [0.2, 0.25) is 0 Å². The number of nitro groups is 1. The molecule has 0 saturated carbocycles. The Morgan fingerprint density at radius 1 is 1.21 bits per heavy atom. The minimum absolute atomic E-state index is 0.0308. The fraction of sp³-hybridized carbons (Fsp3) is 0.300. The van der Waals surface area contributed by atoms with Crippen LogP contribution in [0.5, 0.6) is 0 Å². The third kappa shape index (κ3) is 4.69. The lowest BCUT2D eigenvalue weighted by atomic mass is 10.0. The van der Waals surface area contributed by atoms with E-state index in [4.69, 9.17) is 5.73 Å². The monoisotopic (exact) mass is 399 g/mol. The van der Waals surface area contributed by atoms with E-state index in [0.29, 0.717) is 11.4 Å². The number of primary amides is 1. The Kier molecular flexibility index (Phi) is 6.30. The summed E-state index contributed by atoms with van der Waals surface area (Å²) in [6.07, 6.45) is 2.73.